The van der Waals surface area contributed by atoms with Crippen molar-refractivity contribution in [1.82, 2.24) is 0 Å². The molecule has 0 radical (unpaired) electrons. The fourth-order valence-electron chi connectivity index (χ4n) is 2.85. The van der Waals surface area contributed by atoms with Crippen LogP contribution in [0.2, 0.25) is 0 Å². The Balaban J connectivity index is 1.67. The van der Waals surface area contributed by atoms with Gasteiger partial charge in [-0.2, -0.15) is 0 Å². The number of nitrogens with two attached hydrogens (primary N) is 1. The molecular formula is C13H25NO4. The van der Waals surface area contributed by atoms with Gasteiger partial charge in [0.2, 0.25) is 0 Å². The molecule has 2 aliphatic rings. The highest BCUT2D eigenvalue weighted by Gasteiger charge is 2.40. The van der Waals surface area contributed by atoms with Gasteiger partial charge < -0.3 is 25.4 Å². The van der Waals surface area contributed by atoms with E-state index in [0.717, 1.165) is 12.8 Å². The number of ether oxygens (including phenoxy) is 2. The first-order chi connectivity index (χ1) is 8.72. The second-order valence-corrected chi connectivity index (χ2v) is 5.38. The quantitative estimate of drug-likeness (QED) is 0.655. The molecule has 1 heterocycles. The van der Waals surface area contributed by atoms with Gasteiger partial charge in [0, 0.05) is 6.61 Å². The lowest BCUT2D eigenvalue weighted by molar-refractivity contribution is -0.0412. The molecule has 0 bridgehead atoms. The van der Waals surface area contributed by atoms with Crippen LogP contribution in [0.15, 0.2) is 0 Å². The molecule has 5 heteroatoms. The Morgan fingerprint density at radius 1 is 1.17 bits per heavy atom. The second-order valence-electron chi connectivity index (χ2n) is 5.38. The third-order valence-corrected chi connectivity index (χ3v) is 4.04. The van der Waals surface area contributed by atoms with E-state index in [9.17, 15) is 5.11 Å². The maximum Gasteiger partial charge on any atom is 0.0987 e. The van der Waals surface area contributed by atoms with Gasteiger partial charge in [-0.1, -0.05) is 19.3 Å². The van der Waals surface area contributed by atoms with E-state index in [1.54, 1.807) is 0 Å². The molecule has 0 aromatic heterocycles. The lowest BCUT2D eigenvalue weighted by Crippen LogP contribution is -2.41. The number of aliphatic hydroxyl groups is 2. The minimum atomic E-state index is -0.697. The highest BCUT2D eigenvalue weighted by Crippen LogP contribution is 2.24. The molecule has 1 saturated carbocycles. The molecule has 2 rings (SSSR count). The molecule has 4 N–H and O–H groups in total. The Kier molecular flexibility index (Phi) is 5.38. The van der Waals surface area contributed by atoms with E-state index in [1.165, 1.54) is 19.3 Å². The van der Waals surface area contributed by atoms with E-state index >= 15 is 0 Å². The smallest absolute Gasteiger partial charge is 0.0987 e. The molecular weight excluding hydrogens is 234 g/mol. The topological polar surface area (TPSA) is 84.9 Å². The average Bonchev–Trinajstić information content (AvgIpc) is 2.68. The van der Waals surface area contributed by atoms with Gasteiger partial charge in [-0.25, -0.2) is 0 Å². The highest BCUT2D eigenvalue weighted by molar-refractivity contribution is 4.93. The first-order valence-electron chi connectivity index (χ1n) is 7.04. The van der Waals surface area contributed by atoms with Crippen molar-refractivity contribution in [2.75, 3.05) is 13.2 Å². The molecule has 18 heavy (non-hydrogen) atoms. The van der Waals surface area contributed by atoms with E-state index < -0.39 is 18.2 Å². The van der Waals surface area contributed by atoms with E-state index in [4.69, 9.17) is 20.3 Å². The third-order valence-electron chi connectivity index (χ3n) is 4.04. The summed E-state index contributed by atoms with van der Waals surface area (Å²) in [5, 5.41) is 18.9. The molecule has 2 fully saturated rings. The maximum atomic E-state index is 9.88. The molecule has 106 valence electrons. The predicted molar refractivity (Wildman–Crippen MR) is 67.2 cm³/mol. The van der Waals surface area contributed by atoms with E-state index in [1.807, 2.05) is 0 Å². The molecule has 0 spiro atoms. The molecule has 4 unspecified atom stereocenters. The molecule has 0 amide bonds. The third kappa shape index (κ3) is 3.42. The lowest BCUT2D eigenvalue weighted by atomic mass is 9.98. The minimum Gasteiger partial charge on any atom is -0.394 e. The van der Waals surface area contributed by atoms with Gasteiger partial charge in [0.1, 0.15) is 0 Å². The molecule has 0 aromatic carbocycles. The van der Waals surface area contributed by atoms with Gasteiger partial charge in [-0.05, 0) is 19.3 Å². The van der Waals surface area contributed by atoms with E-state index in [-0.39, 0.29) is 12.7 Å². The monoisotopic (exact) mass is 259 g/mol. The average molecular weight is 259 g/mol. The van der Waals surface area contributed by atoms with Gasteiger partial charge in [0.05, 0.1) is 37.1 Å². The SMILES string of the molecule is NC1C(CO)OC(CCOC2CCCCC2)C1O. The summed E-state index contributed by atoms with van der Waals surface area (Å²) in [6.07, 6.45) is 5.69. The summed E-state index contributed by atoms with van der Waals surface area (Å²) in [5.41, 5.74) is 5.76. The summed E-state index contributed by atoms with van der Waals surface area (Å²) in [6.45, 7) is 0.454. The summed E-state index contributed by atoms with van der Waals surface area (Å²) in [4.78, 5) is 0. The van der Waals surface area contributed by atoms with Crippen LogP contribution in [-0.4, -0.2) is 53.9 Å². The van der Waals surface area contributed by atoms with E-state index in [2.05, 4.69) is 0 Å². The Morgan fingerprint density at radius 2 is 1.89 bits per heavy atom. The summed E-state index contributed by atoms with van der Waals surface area (Å²) in [7, 11) is 0. The number of hydrogen-bond donors (Lipinski definition) is 3. The first-order valence-corrected chi connectivity index (χ1v) is 7.04. The van der Waals surface area contributed by atoms with Crippen LogP contribution in [0.3, 0.4) is 0 Å². The molecule has 5 nitrogen and oxygen atoms in total. The Morgan fingerprint density at radius 3 is 2.50 bits per heavy atom. The van der Waals surface area contributed by atoms with Crippen LogP contribution in [0.25, 0.3) is 0 Å². The summed E-state index contributed by atoms with van der Waals surface area (Å²) in [6, 6.07) is -0.491. The first kappa shape index (κ1) is 14.2. The summed E-state index contributed by atoms with van der Waals surface area (Å²) in [5.74, 6) is 0. The van der Waals surface area contributed by atoms with E-state index in [0.29, 0.717) is 19.1 Å². The van der Waals surface area contributed by atoms with Crippen LogP contribution in [-0.2, 0) is 9.47 Å². The molecule has 4 atom stereocenters. The predicted octanol–water partition coefficient (Wildman–Crippen LogP) is 0.174. The second kappa shape index (κ2) is 6.82. The number of rotatable bonds is 5. The number of hydrogen-bond acceptors (Lipinski definition) is 5. The van der Waals surface area contributed by atoms with Crippen LogP contribution < -0.4 is 5.73 Å². The van der Waals surface area contributed by atoms with Gasteiger partial charge in [-0.3, -0.25) is 0 Å². The van der Waals surface area contributed by atoms with Crippen molar-refractivity contribution in [3.05, 3.63) is 0 Å². The zero-order valence-electron chi connectivity index (χ0n) is 10.8. The lowest BCUT2D eigenvalue weighted by Gasteiger charge is -2.23. The van der Waals surface area contributed by atoms with Gasteiger partial charge in [0.25, 0.3) is 0 Å². The van der Waals surface area contributed by atoms with Crippen molar-refractivity contribution >= 4 is 0 Å². The number of aliphatic hydroxyl groups excluding tert-OH is 2. The fourth-order valence-corrected chi connectivity index (χ4v) is 2.85. The summed E-state index contributed by atoms with van der Waals surface area (Å²) < 4.78 is 11.3. The van der Waals surface area contributed by atoms with Crippen LogP contribution in [0, 0.1) is 0 Å². The fraction of sp³-hybridized carbons (Fsp3) is 1.00. The van der Waals surface area contributed by atoms with Gasteiger partial charge in [0.15, 0.2) is 0 Å². The van der Waals surface area contributed by atoms with Gasteiger partial charge in [-0.15, -0.1) is 0 Å². The Hall–Kier alpha value is -0.200. The van der Waals surface area contributed by atoms with Crippen molar-refractivity contribution in [1.29, 1.82) is 0 Å². The van der Waals surface area contributed by atoms with Crippen molar-refractivity contribution in [2.45, 2.75) is 69.0 Å². The summed E-state index contributed by atoms with van der Waals surface area (Å²) >= 11 is 0. The Labute approximate surface area is 108 Å². The maximum absolute atomic E-state index is 9.88. The molecule has 1 saturated heterocycles. The standard InChI is InChI=1S/C13H25NO4/c14-12-11(8-15)18-10(13(12)16)6-7-17-9-4-2-1-3-5-9/h9-13,15-16H,1-8,14H2. The van der Waals surface area contributed by atoms with Gasteiger partial charge >= 0.3 is 0 Å². The highest BCUT2D eigenvalue weighted by atomic mass is 16.5. The van der Waals surface area contributed by atoms with Crippen molar-refractivity contribution in [3.8, 4) is 0 Å². The van der Waals surface area contributed by atoms with Crippen molar-refractivity contribution in [2.24, 2.45) is 5.73 Å². The molecule has 1 aliphatic heterocycles. The largest absolute Gasteiger partial charge is 0.394 e. The zero-order chi connectivity index (χ0) is 13.0. The normalized spacial score (nSPS) is 38.2. The molecule has 0 aromatic rings. The Bertz CT molecular complexity index is 245. The molecule has 1 aliphatic carbocycles. The van der Waals surface area contributed by atoms with Crippen LogP contribution in [0.1, 0.15) is 38.5 Å². The van der Waals surface area contributed by atoms with Crippen LogP contribution >= 0.6 is 0 Å². The van der Waals surface area contributed by atoms with Crippen LogP contribution in [0.4, 0.5) is 0 Å². The zero-order valence-corrected chi connectivity index (χ0v) is 10.8. The minimum absolute atomic E-state index is 0.141. The van der Waals surface area contributed by atoms with Crippen molar-refractivity contribution in [3.63, 3.8) is 0 Å². The van der Waals surface area contributed by atoms with Crippen molar-refractivity contribution < 1.29 is 19.7 Å². The van der Waals surface area contributed by atoms with Crippen LogP contribution in [0.5, 0.6) is 0 Å².